The van der Waals surface area contributed by atoms with Gasteiger partial charge in [-0.1, -0.05) is 95.2 Å². The van der Waals surface area contributed by atoms with Gasteiger partial charge in [-0.05, 0) is 96.4 Å². The monoisotopic (exact) mass is 630 g/mol. The summed E-state index contributed by atoms with van der Waals surface area (Å²) in [6, 6.07) is 14.9. The van der Waals surface area contributed by atoms with Crippen molar-refractivity contribution >= 4 is 11.9 Å². The second kappa shape index (κ2) is 17.6. The molecule has 250 valence electrons. The summed E-state index contributed by atoms with van der Waals surface area (Å²) in [5.41, 5.74) is 5.93. The molecule has 4 rings (SSSR count). The molecule has 0 atom stereocenters. The lowest BCUT2D eigenvalue weighted by Crippen LogP contribution is -2.25. The number of ether oxygens (including phenoxy) is 2. The Hall–Kier alpha value is -3.22. The number of aliphatic hydroxyl groups excluding tert-OH is 2. The van der Waals surface area contributed by atoms with Crippen LogP contribution in [-0.4, -0.2) is 48.6 Å². The number of carbonyl (C=O) groups excluding carboxylic acids is 2. The molecule has 0 amide bonds. The fourth-order valence-corrected chi connectivity index (χ4v) is 7.62. The van der Waals surface area contributed by atoms with Crippen molar-refractivity contribution in [1.82, 2.24) is 0 Å². The number of carbonyl (C=O) groups is 2. The van der Waals surface area contributed by atoms with Gasteiger partial charge in [-0.25, -0.2) is 9.59 Å². The third-order valence-electron chi connectivity index (χ3n) is 10.5. The van der Waals surface area contributed by atoms with Gasteiger partial charge in [0.25, 0.3) is 0 Å². The molecular formula is C40H54O6. The van der Waals surface area contributed by atoms with Gasteiger partial charge in [0.1, 0.15) is 13.2 Å². The highest BCUT2D eigenvalue weighted by Crippen LogP contribution is 2.45. The Morgan fingerprint density at radius 2 is 1.28 bits per heavy atom. The topological polar surface area (TPSA) is 93.1 Å². The van der Waals surface area contributed by atoms with E-state index in [0.29, 0.717) is 5.92 Å². The van der Waals surface area contributed by atoms with Crippen LogP contribution in [0.1, 0.15) is 107 Å². The highest BCUT2D eigenvalue weighted by molar-refractivity contribution is 5.88. The first-order valence-electron chi connectivity index (χ1n) is 17.4. The van der Waals surface area contributed by atoms with Gasteiger partial charge in [0.15, 0.2) is 0 Å². The van der Waals surface area contributed by atoms with Gasteiger partial charge in [-0.3, -0.25) is 0 Å². The molecular weight excluding hydrogens is 576 g/mol. The lowest BCUT2D eigenvalue weighted by Gasteiger charge is -2.38. The Kier molecular flexibility index (Phi) is 13.7. The minimum absolute atomic E-state index is 0.0484. The predicted molar refractivity (Wildman–Crippen MR) is 183 cm³/mol. The maximum atomic E-state index is 12.1. The quantitative estimate of drug-likeness (QED) is 0.153. The summed E-state index contributed by atoms with van der Waals surface area (Å²) in [6.45, 7) is 10.5. The Labute approximate surface area is 275 Å². The number of hydrogen-bond acceptors (Lipinski definition) is 6. The van der Waals surface area contributed by atoms with E-state index in [-0.39, 0.29) is 24.4 Å². The number of rotatable bonds is 15. The van der Waals surface area contributed by atoms with Gasteiger partial charge in [0, 0.05) is 0 Å². The zero-order chi connectivity index (χ0) is 33.1. The SMILES string of the molecule is C=C(CO)C(=O)OCC(COC(=O)C(=C)CO)c1ccc(-c2ccc(C3CCC(C4CCC(CCC)CC4)CC3)c(CC)c2)cc1. The van der Waals surface area contributed by atoms with Crippen LogP contribution in [0, 0.1) is 17.8 Å². The minimum Gasteiger partial charge on any atom is -0.461 e. The average Bonchev–Trinajstić information content (AvgIpc) is 3.11. The van der Waals surface area contributed by atoms with E-state index in [1.807, 2.05) is 24.3 Å². The van der Waals surface area contributed by atoms with Crippen molar-refractivity contribution in [2.45, 2.75) is 96.3 Å². The summed E-state index contributed by atoms with van der Waals surface area (Å²) >= 11 is 0. The molecule has 0 aliphatic heterocycles. The van der Waals surface area contributed by atoms with Crippen LogP contribution in [0.4, 0.5) is 0 Å². The molecule has 2 saturated carbocycles. The number of aliphatic hydroxyl groups is 2. The van der Waals surface area contributed by atoms with Crippen LogP contribution >= 0.6 is 0 Å². The van der Waals surface area contributed by atoms with Crippen LogP contribution in [0.5, 0.6) is 0 Å². The van der Waals surface area contributed by atoms with E-state index in [1.165, 1.54) is 75.3 Å². The summed E-state index contributed by atoms with van der Waals surface area (Å²) < 4.78 is 10.7. The van der Waals surface area contributed by atoms with E-state index >= 15 is 0 Å². The zero-order valence-corrected chi connectivity index (χ0v) is 28.0. The number of esters is 2. The first-order chi connectivity index (χ1) is 22.3. The molecule has 0 bridgehead atoms. The van der Waals surface area contributed by atoms with E-state index in [1.54, 1.807) is 0 Å². The maximum Gasteiger partial charge on any atom is 0.335 e. The lowest BCUT2D eigenvalue weighted by atomic mass is 9.67. The van der Waals surface area contributed by atoms with Crippen LogP contribution in [0.25, 0.3) is 11.1 Å². The van der Waals surface area contributed by atoms with Crippen molar-refractivity contribution in [2.75, 3.05) is 26.4 Å². The summed E-state index contributed by atoms with van der Waals surface area (Å²) in [6.07, 6.45) is 14.9. The third-order valence-corrected chi connectivity index (χ3v) is 10.5. The summed E-state index contributed by atoms with van der Waals surface area (Å²) in [5, 5.41) is 18.4. The smallest absolute Gasteiger partial charge is 0.335 e. The van der Waals surface area contributed by atoms with Crippen LogP contribution in [0.15, 0.2) is 66.8 Å². The van der Waals surface area contributed by atoms with Crippen molar-refractivity contribution < 1.29 is 29.3 Å². The highest BCUT2D eigenvalue weighted by Gasteiger charge is 2.31. The molecule has 2 aromatic carbocycles. The van der Waals surface area contributed by atoms with Crippen molar-refractivity contribution in [2.24, 2.45) is 17.8 Å². The largest absolute Gasteiger partial charge is 0.461 e. The summed E-state index contributed by atoms with van der Waals surface area (Å²) in [4.78, 5) is 24.3. The van der Waals surface area contributed by atoms with Crippen molar-refractivity contribution in [3.8, 4) is 11.1 Å². The normalized spacial score (nSPS) is 21.5. The van der Waals surface area contributed by atoms with E-state index in [2.05, 4.69) is 45.2 Å². The standard InChI is InChI=1S/C40H54O6/c1-5-7-29-8-10-31(11-9-29)32-16-18-35(19-17-32)38-21-20-36(22-30(38)6-2)33-12-14-34(15-13-33)37(25-45-39(43)27(3)23-41)26-46-40(44)28(4)24-42/h12-15,20-22,29,31-32,35,37,41-42H,3-11,16-19,23-26H2,1-2H3. The molecule has 0 radical (unpaired) electrons. The first kappa shape index (κ1) is 35.6. The second-order valence-electron chi connectivity index (χ2n) is 13.5. The second-order valence-corrected chi connectivity index (χ2v) is 13.5. The van der Waals surface area contributed by atoms with E-state index in [9.17, 15) is 19.8 Å². The van der Waals surface area contributed by atoms with Crippen molar-refractivity contribution in [3.63, 3.8) is 0 Å². The molecule has 2 aromatic rings. The van der Waals surface area contributed by atoms with Gasteiger partial charge in [0.05, 0.1) is 30.3 Å². The zero-order valence-electron chi connectivity index (χ0n) is 28.0. The highest BCUT2D eigenvalue weighted by atomic mass is 16.5. The van der Waals surface area contributed by atoms with Crippen molar-refractivity contribution in [1.29, 1.82) is 0 Å². The molecule has 0 aromatic heterocycles. The minimum atomic E-state index is -0.703. The maximum absolute atomic E-state index is 12.1. The molecule has 0 unspecified atom stereocenters. The van der Waals surface area contributed by atoms with Crippen LogP contribution in [-0.2, 0) is 25.5 Å². The molecule has 6 nitrogen and oxygen atoms in total. The van der Waals surface area contributed by atoms with Gasteiger partial charge in [-0.2, -0.15) is 0 Å². The van der Waals surface area contributed by atoms with E-state index in [0.717, 1.165) is 40.9 Å². The molecule has 46 heavy (non-hydrogen) atoms. The lowest BCUT2D eigenvalue weighted by molar-refractivity contribution is -0.142. The van der Waals surface area contributed by atoms with Gasteiger partial charge < -0.3 is 19.7 Å². The molecule has 0 heterocycles. The molecule has 2 aliphatic rings. The molecule has 0 spiro atoms. The van der Waals surface area contributed by atoms with Crippen LogP contribution in [0.3, 0.4) is 0 Å². The summed E-state index contributed by atoms with van der Waals surface area (Å²) in [7, 11) is 0. The Morgan fingerprint density at radius 1 is 0.761 bits per heavy atom. The van der Waals surface area contributed by atoms with E-state index < -0.39 is 31.1 Å². The average molecular weight is 631 g/mol. The Bertz CT molecular complexity index is 1280. The molecule has 6 heteroatoms. The van der Waals surface area contributed by atoms with Gasteiger partial charge in [-0.15, -0.1) is 0 Å². The predicted octanol–water partition coefficient (Wildman–Crippen LogP) is 8.06. The fraction of sp³-hybridized carbons (Fsp3) is 0.550. The first-order valence-corrected chi connectivity index (χ1v) is 17.4. The number of benzene rings is 2. The fourth-order valence-electron chi connectivity index (χ4n) is 7.62. The summed E-state index contributed by atoms with van der Waals surface area (Å²) in [5.74, 6) is 1.63. The Morgan fingerprint density at radius 3 is 1.78 bits per heavy atom. The third kappa shape index (κ3) is 9.42. The van der Waals surface area contributed by atoms with Crippen molar-refractivity contribution in [3.05, 3.63) is 83.5 Å². The van der Waals surface area contributed by atoms with E-state index in [4.69, 9.17) is 9.47 Å². The van der Waals surface area contributed by atoms with Crippen LogP contribution < -0.4 is 0 Å². The molecule has 2 aliphatic carbocycles. The number of hydrogen-bond donors (Lipinski definition) is 2. The molecule has 0 saturated heterocycles. The Balaban J connectivity index is 1.40. The molecule has 2 fully saturated rings. The van der Waals surface area contributed by atoms with Gasteiger partial charge >= 0.3 is 11.9 Å². The van der Waals surface area contributed by atoms with Gasteiger partial charge in [0.2, 0.25) is 0 Å². The number of aryl methyl sites for hydroxylation is 1. The van der Waals surface area contributed by atoms with Crippen LogP contribution in [0.2, 0.25) is 0 Å². The molecule has 2 N–H and O–H groups in total.